The fourth-order valence-electron chi connectivity index (χ4n) is 2.35. The smallest absolute Gasteiger partial charge is 0.332 e. The first-order valence-electron chi connectivity index (χ1n) is 6.70. The number of hydrazone groups is 1. The molecule has 112 valence electrons. The lowest BCUT2D eigenvalue weighted by molar-refractivity contribution is -0.384. The van der Waals surface area contributed by atoms with E-state index >= 15 is 0 Å². The molecule has 1 aromatic carbocycles. The van der Waals surface area contributed by atoms with E-state index in [1.807, 2.05) is 0 Å². The molecular weight excluding hydrogens is 274 g/mol. The summed E-state index contributed by atoms with van der Waals surface area (Å²) in [5.41, 5.74) is 8.46. The normalized spacial score (nSPS) is 15.1. The van der Waals surface area contributed by atoms with Crippen LogP contribution < -0.4 is 16.1 Å². The molecule has 8 heteroatoms. The molecule has 0 bridgehead atoms. The summed E-state index contributed by atoms with van der Waals surface area (Å²) in [6.45, 7) is 1.81. The van der Waals surface area contributed by atoms with Crippen molar-refractivity contribution in [2.75, 3.05) is 18.0 Å². The number of nitrogens with one attached hydrogen (secondary N) is 1. The lowest BCUT2D eigenvalue weighted by Gasteiger charge is -2.29. The van der Waals surface area contributed by atoms with E-state index in [1.54, 1.807) is 6.07 Å². The Balaban J connectivity index is 2.30. The van der Waals surface area contributed by atoms with E-state index in [4.69, 9.17) is 5.73 Å². The van der Waals surface area contributed by atoms with Crippen LogP contribution in [0.25, 0.3) is 0 Å². The number of urea groups is 1. The van der Waals surface area contributed by atoms with Crippen molar-refractivity contribution in [2.24, 2.45) is 10.8 Å². The number of anilines is 1. The van der Waals surface area contributed by atoms with Crippen LogP contribution in [0.1, 0.15) is 24.8 Å². The Hall–Kier alpha value is -2.64. The Kier molecular flexibility index (Phi) is 4.70. The number of amides is 2. The molecule has 0 saturated carbocycles. The van der Waals surface area contributed by atoms with Crippen LogP contribution in [0.5, 0.6) is 0 Å². The summed E-state index contributed by atoms with van der Waals surface area (Å²) in [4.78, 5) is 23.2. The van der Waals surface area contributed by atoms with Gasteiger partial charge in [-0.3, -0.25) is 10.1 Å². The minimum atomic E-state index is -0.781. The van der Waals surface area contributed by atoms with Crippen molar-refractivity contribution in [3.63, 3.8) is 0 Å². The molecular formula is C13H17N5O3. The molecule has 1 fully saturated rings. The Bertz CT molecular complexity index is 567. The third kappa shape index (κ3) is 3.91. The highest BCUT2D eigenvalue weighted by Crippen LogP contribution is 2.26. The number of carbonyl (C=O) groups excluding carboxylic acids is 1. The number of hydrogen-bond acceptors (Lipinski definition) is 5. The van der Waals surface area contributed by atoms with Crippen LogP contribution in [-0.4, -0.2) is 30.3 Å². The maximum Gasteiger partial charge on any atom is 0.332 e. The number of carbonyl (C=O) groups is 1. The van der Waals surface area contributed by atoms with Gasteiger partial charge in [0.05, 0.1) is 11.1 Å². The average molecular weight is 291 g/mol. The molecule has 0 atom stereocenters. The zero-order valence-corrected chi connectivity index (χ0v) is 11.5. The molecule has 0 spiro atoms. The molecule has 1 aliphatic heterocycles. The zero-order chi connectivity index (χ0) is 15.2. The highest BCUT2D eigenvalue weighted by molar-refractivity contribution is 5.90. The van der Waals surface area contributed by atoms with E-state index < -0.39 is 11.0 Å². The van der Waals surface area contributed by atoms with Crippen LogP contribution in [0.2, 0.25) is 0 Å². The number of non-ortho nitro benzene ring substituents is 1. The number of benzene rings is 1. The highest BCUT2D eigenvalue weighted by atomic mass is 16.6. The van der Waals surface area contributed by atoms with Gasteiger partial charge in [0.15, 0.2) is 0 Å². The van der Waals surface area contributed by atoms with E-state index in [1.165, 1.54) is 24.8 Å². The van der Waals surface area contributed by atoms with E-state index in [2.05, 4.69) is 15.4 Å². The molecule has 2 amide bonds. The summed E-state index contributed by atoms with van der Waals surface area (Å²) in [6, 6.07) is 3.85. The van der Waals surface area contributed by atoms with Crippen LogP contribution in [0.15, 0.2) is 23.3 Å². The van der Waals surface area contributed by atoms with Crippen molar-refractivity contribution in [2.45, 2.75) is 19.3 Å². The number of hydrogen-bond donors (Lipinski definition) is 2. The van der Waals surface area contributed by atoms with Gasteiger partial charge in [0.2, 0.25) is 0 Å². The molecule has 8 nitrogen and oxygen atoms in total. The molecule has 3 N–H and O–H groups in total. The first kappa shape index (κ1) is 14.8. The van der Waals surface area contributed by atoms with Crippen LogP contribution in [0.4, 0.5) is 16.2 Å². The fraction of sp³-hybridized carbons (Fsp3) is 0.385. The summed E-state index contributed by atoms with van der Waals surface area (Å²) < 4.78 is 0. The summed E-state index contributed by atoms with van der Waals surface area (Å²) >= 11 is 0. The monoisotopic (exact) mass is 291 g/mol. The van der Waals surface area contributed by atoms with Crippen molar-refractivity contribution in [1.82, 2.24) is 5.43 Å². The van der Waals surface area contributed by atoms with Gasteiger partial charge in [-0.1, -0.05) is 0 Å². The van der Waals surface area contributed by atoms with Gasteiger partial charge in [0.25, 0.3) is 5.69 Å². The molecule has 21 heavy (non-hydrogen) atoms. The van der Waals surface area contributed by atoms with Crippen molar-refractivity contribution in [3.05, 3.63) is 33.9 Å². The second-order valence-corrected chi connectivity index (χ2v) is 4.78. The van der Waals surface area contributed by atoms with Gasteiger partial charge in [0, 0.05) is 36.5 Å². The van der Waals surface area contributed by atoms with Gasteiger partial charge in [0.1, 0.15) is 0 Å². The number of nitrogens with two attached hydrogens (primary N) is 1. The fourth-order valence-corrected chi connectivity index (χ4v) is 2.35. The Morgan fingerprint density at radius 3 is 2.71 bits per heavy atom. The van der Waals surface area contributed by atoms with Crippen LogP contribution in [-0.2, 0) is 0 Å². The summed E-state index contributed by atoms with van der Waals surface area (Å²) in [6.07, 6.45) is 4.75. The van der Waals surface area contributed by atoms with E-state index in [9.17, 15) is 14.9 Å². The number of nitrogens with zero attached hydrogens (tertiary/aromatic N) is 3. The van der Waals surface area contributed by atoms with E-state index in [0.29, 0.717) is 5.56 Å². The topological polar surface area (TPSA) is 114 Å². The molecule has 1 aromatic rings. The number of nitro benzene ring substituents is 1. The van der Waals surface area contributed by atoms with Crippen LogP contribution in [0, 0.1) is 10.1 Å². The number of rotatable bonds is 4. The third-order valence-electron chi connectivity index (χ3n) is 3.30. The largest absolute Gasteiger partial charge is 0.371 e. The van der Waals surface area contributed by atoms with Crippen molar-refractivity contribution < 1.29 is 9.72 Å². The summed E-state index contributed by atoms with van der Waals surface area (Å²) in [5, 5.41) is 14.6. The Morgan fingerprint density at radius 2 is 2.10 bits per heavy atom. The van der Waals surface area contributed by atoms with Gasteiger partial charge < -0.3 is 10.6 Å². The molecule has 2 rings (SSSR count). The predicted octanol–water partition coefficient (Wildman–Crippen LogP) is 1.59. The first-order chi connectivity index (χ1) is 10.1. The van der Waals surface area contributed by atoms with Crippen LogP contribution in [0.3, 0.4) is 0 Å². The minimum absolute atomic E-state index is 0.0173. The lowest BCUT2D eigenvalue weighted by Crippen LogP contribution is -2.30. The van der Waals surface area contributed by atoms with Gasteiger partial charge in [-0.05, 0) is 25.3 Å². The summed E-state index contributed by atoms with van der Waals surface area (Å²) in [5.74, 6) is 0. The zero-order valence-electron chi connectivity index (χ0n) is 11.5. The molecule has 0 aliphatic carbocycles. The molecule has 0 unspecified atom stereocenters. The van der Waals surface area contributed by atoms with Crippen molar-refractivity contribution in [3.8, 4) is 0 Å². The standard InChI is InChI=1S/C13H17N5O3/c14-13(19)16-15-9-10-8-11(18(20)21)4-5-12(10)17-6-2-1-3-7-17/h4-5,8-9H,1-3,6-7H2,(H3,14,16,19)/b15-9-. The predicted molar refractivity (Wildman–Crippen MR) is 79.5 cm³/mol. The molecule has 0 aromatic heterocycles. The van der Waals surface area contributed by atoms with Gasteiger partial charge in [-0.15, -0.1) is 0 Å². The second kappa shape index (κ2) is 6.69. The maximum absolute atomic E-state index is 10.9. The Labute approximate surface area is 121 Å². The molecule has 1 heterocycles. The van der Waals surface area contributed by atoms with Crippen molar-refractivity contribution in [1.29, 1.82) is 0 Å². The SMILES string of the molecule is NC(=O)N/N=C\c1cc([N+](=O)[O-])ccc1N1CCCCC1. The van der Waals surface area contributed by atoms with Gasteiger partial charge >= 0.3 is 6.03 Å². The van der Waals surface area contributed by atoms with Gasteiger partial charge in [-0.2, -0.15) is 5.10 Å². The third-order valence-corrected chi connectivity index (χ3v) is 3.30. The van der Waals surface area contributed by atoms with E-state index in [-0.39, 0.29) is 5.69 Å². The number of nitro groups is 1. The Morgan fingerprint density at radius 1 is 1.38 bits per heavy atom. The molecule has 1 saturated heterocycles. The second-order valence-electron chi connectivity index (χ2n) is 4.78. The first-order valence-corrected chi connectivity index (χ1v) is 6.70. The summed E-state index contributed by atoms with van der Waals surface area (Å²) in [7, 11) is 0. The molecule has 1 aliphatic rings. The maximum atomic E-state index is 10.9. The van der Waals surface area contributed by atoms with E-state index in [0.717, 1.165) is 31.6 Å². The van der Waals surface area contributed by atoms with Gasteiger partial charge in [-0.25, -0.2) is 10.2 Å². The number of piperidine rings is 1. The molecule has 0 radical (unpaired) electrons. The quantitative estimate of drug-likeness (QED) is 0.498. The minimum Gasteiger partial charge on any atom is -0.371 e. The van der Waals surface area contributed by atoms with Crippen LogP contribution >= 0.6 is 0 Å². The highest BCUT2D eigenvalue weighted by Gasteiger charge is 2.16. The van der Waals surface area contributed by atoms with Crippen molar-refractivity contribution >= 4 is 23.6 Å². The average Bonchev–Trinajstić information content (AvgIpc) is 2.47. The number of primary amides is 1. The lowest BCUT2D eigenvalue weighted by atomic mass is 10.1.